The van der Waals surface area contributed by atoms with Crippen LogP contribution in [0.1, 0.15) is 0 Å². The Hall–Kier alpha value is -6.64. The van der Waals surface area contributed by atoms with Crippen LogP contribution in [0.25, 0.3) is 66.4 Å². The van der Waals surface area contributed by atoms with Gasteiger partial charge in [0.1, 0.15) is 11.2 Å². The molecular weight excluding hydrogens is 607 g/mol. The molecule has 9 aromatic rings. The van der Waals surface area contributed by atoms with Gasteiger partial charge in [0.25, 0.3) is 0 Å². The maximum Gasteiger partial charge on any atom is 0.143 e. The van der Waals surface area contributed by atoms with Crippen LogP contribution in [-0.2, 0) is 0 Å². The van der Waals surface area contributed by atoms with E-state index < -0.39 is 0 Å². The number of fused-ring (bicyclic) bond motifs is 3. The van der Waals surface area contributed by atoms with Gasteiger partial charge in [-0.1, -0.05) is 164 Å². The monoisotopic (exact) mass is 639 g/mol. The van der Waals surface area contributed by atoms with Crippen molar-refractivity contribution < 1.29 is 4.42 Å². The molecule has 9 rings (SSSR count). The van der Waals surface area contributed by atoms with Crippen molar-refractivity contribution in [3.63, 3.8) is 0 Å². The summed E-state index contributed by atoms with van der Waals surface area (Å²) in [6.07, 6.45) is 0. The number of benzene rings is 8. The quantitative estimate of drug-likeness (QED) is 0.173. The Bertz CT molecular complexity index is 2600. The Morgan fingerprint density at radius 1 is 0.320 bits per heavy atom. The molecule has 0 bridgehead atoms. The number of hydrogen-bond donors (Lipinski definition) is 0. The highest BCUT2D eigenvalue weighted by atomic mass is 16.3. The second-order valence-electron chi connectivity index (χ2n) is 12.5. The highest BCUT2D eigenvalue weighted by molar-refractivity contribution is 6.09. The van der Waals surface area contributed by atoms with E-state index in [9.17, 15) is 0 Å². The predicted molar refractivity (Wildman–Crippen MR) is 210 cm³/mol. The third kappa shape index (κ3) is 5.24. The van der Waals surface area contributed by atoms with Crippen LogP contribution in [0.5, 0.6) is 0 Å². The Balaban J connectivity index is 1.23. The minimum absolute atomic E-state index is 0.901. The van der Waals surface area contributed by atoms with Crippen molar-refractivity contribution in [3.8, 4) is 44.5 Å². The molecule has 0 spiro atoms. The summed E-state index contributed by atoms with van der Waals surface area (Å²) in [6.45, 7) is 0. The van der Waals surface area contributed by atoms with Crippen LogP contribution in [0.2, 0.25) is 0 Å². The molecule has 0 saturated carbocycles. The summed E-state index contributed by atoms with van der Waals surface area (Å²) in [4.78, 5) is 2.37. The van der Waals surface area contributed by atoms with Gasteiger partial charge < -0.3 is 9.32 Å². The van der Waals surface area contributed by atoms with Crippen molar-refractivity contribution in [2.45, 2.75) is 0 Å². The fraction of sp³-hybridized carbons (Fsp3) is 0. The molecule has 1 heterocycles. The molecule has 2 heteroatoms. The molecule has 2 nitrogen and oxygen atoms in total. The van der Waals surface area contributed by atoms with Crippen molar-refractivity contribution in [2.24, 2.45) is 0 Å². The van der Waals surface area contributed by atoms with E-state index in [0.717, 1.165) is 55.7 Å². The summed E-state index contributed by atoms with van der Waals surface area (Å²) < 4.78 is 6.47. The lowest BCUT2D eigenvalue weighted by atomic mass is 9.88. The minimum atomic E-state index is 0.901. The zero-order valence-corrected chi connectivity index (χ0v) is 27.4. The van der Waals surface area contributed by atoms with Crippen molar-refractivity contribution in [2.75, 3.05) is 4.90 Å². The molecule has 0 aliphatic carbocycles. The Kier molecular flexibility index (Phi) is 7.53. The van der Waals surface area contributed by atoms with E-state index in [1.165, 1.54) is 27.8 Å². The fourth-order valence-corrected chi connectivity index (χ4v) is 7.23. The third-order valence-corrected chi connectivity index (χ3v) is 9.50. The van der Waals surface area contributed by atoms with Gasteiger partial charge in [0.05, 0.1) is 5.69 Å². The first-order chi connectivity index (χ1) is 24.8. The van der Waals surface area contributed by atoms with Gasteiger partial charge in [0.2, 0.25) is 0 Å². The van der Waals surface area contributed by atoms with Crippen LogP contribution >= 0.6 is 0 Å². The van der Waals surface area contributed by atoms with Crippen LogP contribution < -0.4 is 4.90 Å². The van der Waals surface area contributed by atoms with E-state index >= 15 is 0 Å². The molecule has 0 atom stereocenters. The Labute approximate surface area is 292 Å². The number of rotatable bonds is 7. The molecule has 1 aromatic heterocycles. The van der Waals surface area contributed by atoms with Crippen LogP contribution in [0, 0.1) is 0 Å². The molecule has 0 amide bonds. The van der Waals surface area contributed by atoms with Gasteiger partial charge in [0.15, 0.2) is 0 Å². The molecule has 8 aromatic carbocycles. The van der Waals surface area contributed by atoms with E-state index in [1.54, 1.807) is 0 Å². The first kappa shape index (κ1) is 29.5. The number of furan rings is 1. The summed E-state index contributed by atoms with van der Waals surface area (Å²) in [7, 11) is 0. The average Bonchev–Trinajstić information content (AvgIpc) is 3.58. The van der Waals surface area contributed by atoms with E-state index in [2.05, 4.69) is 193 Å². The van der Waals surface area contributed by atoms with Gasteiger partial charge in [-0.3, -0.25) is 0 Å². The Morgan fingerprint density at radius 2 is 0.820 bits per heavy atom. The topological polar surface area (TPSA) is 16.4 Å². The largest absolute Gasteiger partial charge is 0.455 e. The molecule has 236 valence electrons. The molecule has 50 heavy (non-hydrogen) atoms. The standard InChI is InChI=1S/C48H33NO/c1-3-17-34(18-4-1)38-23-7-8-24-40(38)41-25-9-10-26-42(41)43-27-11-13-31-46(43)49(36-20-5-2-6-21-36)37-22-15-19-35(33-37)39-29-16-30-45-44-28-12-14-32-47(44)50-48(39)45/h1-33H. The van der Waals surface area contributed by atoms with E-state index in [4.69, 9.17) is 4.42 Å². The van der Waals surface area contributed by atoms with Crippen molar-refractivity contribution in [1.82, 2.24) is 0 Å². The first-order valence-electron chi connectivity index (χ1n) is 17.0. The van der Waals surface area contributed by atoms with Crippen LogP contribution in [0.4, 0.5) is 17.1 Å². The second kappa shape index (κ2) is 12.8. The minimum Gasteiger partial charge on any atom is -0.455 e. The summed E-state index contributed by atoms with van der Waals surface area (Å²) in [5.74, 6) is 0. The fourth-order valence-electron chi connectivity index (χ4n) is 7.23. The number of nitrogens with zero attached hydrogens (tertiary/aromatic N) is 1. The number of hydrogen-bond acceptors (Lipinski definition) is 2. The second-order valence-corrected chi connectivity index (χ2v) is 12.5. The molecule has 0 aliphatic heterocycles. The molecule has 0 radical (unpaired) electrons. The van der Waals surface area contributed by atoms with E-state index in [0.29, 0.717) is 0 Å². The van der Waals surface area contributed by atoms with Gasteiger partial charge in [-0.2, -0.15) is 0 Å². The van der Waals surface area contributed by atoms with Gasteiger partial charge in [0, 0.05) is 33.3 Å². The van der Waals surface area contributed by atoms with Crippen molar-refractivity contribution in [3.05, 3.63) is 200 Å². The summed E-state index contributed by atoms with van der Waals surface area (Å²) in [6, 6.07) is 71.0. The maximum atomic E-state index is 6.47. The third-order valence-electron chi connectivity index (χ3n) is 9.50. The van der Waals surface area contributed by atoms with Gasteiger partial charge in [-0.25, -0.2) is 0 Å². The summed E-state index contributed by atoms with van der Waals surface area (Å²) in [5.41, 5.74) is 14.4. The lowest BCUT2D eigenvalue weighted by molar-refractivity contribution is 0.670. The smallest absolute Gasteiger partial charge is 0.143 e. The maximum absolute atomic E-state index is 6.47. The number of anilines is 3. The van der Waals surface area contributed by atoms with Crippen LogP contribution in [-0.4, -0.2) is 0 Å². The molecule has 0 saturated heterocycles. The summed E-state index contributed by atoms with van der Waals surface area (Å²) >= 11 is 0. The SMILES string of the molecule is c1ccc(-c2ccccc2-c2ccccc2-c2ccccc2N(c2ccccc2)c2cccc(-c3cccc4c3oc3ccccc34)c2)cc1. The van der Waals surface area contributed by atoms with Crippen molar-refractivity contribution in [1.29, 1.82) is 0 Å². The van der Waals surface area contributed by atoms with E-state index in [1.807, 2.05) is 12.1 Å². The first-order valence-corrected chi connectivity index (χ1v) is 17.0. The normalized spacial score (nSPS) is 11.2. The van der Waals surface area contributed by atoms with Gasteiger partial charge in [-0.15, -0.1) is 0 Å². The average molecular weight is 640 g/mol. The molecule has 0 aliphatic rings. The summed E-state index contributed by atoms with van der Waals surface area (Å²) in [5, 5.41) is 2.26. The Morgan fingerprint density at radius 3 is 1.60 bits per heavy atom. The lowest BCUT2D eigenvalue weighted by Gasteiger charge is -2.29. The molecule has 0 unspecified atom stereocenters. The zero-order valence-electron chi connectivity index (χ0n) is 27.4. The van der Waals surface area contributed by atoms with E-state index in [-0.39, 0.29) is 0 Å². The van der Waals surface area contributed by atoms with Crippen molar-refractivity contribution >= 4 is 39.0 Å². The molecular formula is C48H33NO. The van der Waals surface area contributed by atoms with Crippen LogP contribution in [0.3, 0.4) is 0 Å². The molecule has 0 fully saturated rings. The highest BCUT2D eigenvalue weighted by Gasteiger charge is 2.21. The van der Waals surface area contributed by atoms with Gasteiger partial charge in [-0.05, 0) is 69.8 Å². The zero-order chi connectivity index (χ0) is 33.3. The lowest BCUT2D eigenvalue weighted by Crippen LogP contribution is -2.11. The highest BCUT2D eigenvalue weighted by Crippen LogP contribution is 2.46. The molecule has 0 N–H and O–H groups in total. The number of para-hydroxylation sites is 4. The van der Waals surface area contributed by atoms with Crippen LogP contribution in [0.15, 0.2) is 205 Å². The predicted octanol–water partition coefficient (Wildman–Crippen LogP) is 13.7. The van der Waals surface area contributed by atoms with Gasteiger partial charge >= 0.3 is 0 Å².